The number of aromatic nitrogens is 3. The van der Waals surface area contributed by atoms with Gasteiger partial charge in [-0.1, -0.05) is 30.3 Å². The van der Waals surface area contributed by atoms with Crippen molar-refractivity contribution in [1.82, 2.24) is 14.8 Å². The molecule has 0 spiro atoms. The molecule has 0 saturated carbocycles. The second-order valence-electron chi connectivity index (χ2n) is 7.00. The Morgan fingerprint density at radius 2 is 1.97 bits per heavy atom. The number of methoxy groups -OCH3 is 1. The third-order valence-electron chi connectivity index (χ3n) is 4.74. The van der Waals surface area contributed by atoms with Gasteiger partial charge in [-0.25, -0.2) is 4.79 Å². The maximum Gasteiger partial charge on any atom is 0.373 e. The first-order chi connectivity index (χ1) is 15.1. The Kier molecular flexibility index (Phi) is 5.98. The van der Waals surface area contributed by atoms with Crippen LogP contribution in [0.4, 0.5) is 5.69 Å². The number of rotatable bonds is 8. The van der Waals surface area contributed by atoms with Gasteiger partial charge in [0, 0.05) is 24.0 Å². The van der Waals surface area contributed by atoms with Crippen molar-refractivity contribution in [3.05, 3.63) is 84.2 Å². The van der Waals surface area contributed by atoms with E-state index in [9.17, 15) is 9.59 Å². The van der Waals surface area contributed by atoms with Crippen molar-refractivity contribution in [2.75, 3.05) is 12.4 Å². The molecule has 1 amide bonds. The summed E-state index contributed by atoms with van der Waals surface area (Å²) in [6.07, 6.45) is 4.24. The molecule has 1 aromatic carbocycles. The van der Waals surface area contributed by atoms with Crippen molar-refractivity contribution in [3.63, 3.8) is 0 Å². The summed E-state index contributed by atoms with van der Waals surface area (Å²) in [5, 5.41) is 7.06. The van der Waals surface area contributed by atoms with Crippen LogP contribution in [-0.4, -0.2) is 33.8 Å². The number of hydrogen-bond donors (Lipinski definition) is 2. The molecule has 8 heteroatoms. The molecule has 8 nitrogen and oxygen atoms in total. The van der Waals surface area contributed by atoms with Gasteiger partial charge in [-0.3, -0.25) is 9.48 Å². The van der Waals surface area contributed by atoms with Crippen LogP contribution in [0.25, 0.3) is 11.3 Å². The van der Waals surface area contributed by atoms with Gasteiger partial charge < -0.3 is 19.5 Å². The summed E-state index contributed by atoms with van der Waals surface area (Å²) in [7, 11) is 1.30. The number of ether oxygens (including phenoxy) is 1. The summed E-state index contributed by atoms with van der Waals surface area (Å²) >= 11 is 0. The minimum absolute atomic E-state index is 0.0959. The van der Waals surface area contributed by atoms with Crippen molar-refractivity contribution >= 4 is 17.6 Å². The molecular weight excluding hydrogens is 396 g/mol. The molecule has 0 aliphatic carbocycles. The number of nitrogens with zero attached hydrogens (tertiary/aromatic N) is 2. The molecule has 2 N–H and O–H groups in total. The van der Waals surface area contributed by atoms with Crippen LogP contribution in [-0.2, 0) is 22.5 Å². The van der Waals surface area contributed by atoms with Gasteiger partial charge in [0.05, 0.1) is 25.5 Å². The molecule has 0 bridgehead atoms. The van der Waals surface area contributed by atoms with Gasteiger partial charge in [-0.05, 0) is 36.2 Å². The van der Waals surface area contributed by atoms with E-state index in [-0.39, 0.29) is 11.7 Å². The van der Waals surface area contributed by atoms with Crippen molar-refractivity contribution in [2.45, 2.75) is 19.4 Å². The number of carbonyl (C=O) groups is 2. The molecular formula is C23H22N4O4. The van der Waals surface area contributed by atoms with Gasteiger partial charge >= 0.3 is 5.97 Å². The highest BCUT2D eigenvalue weighted by Gasteiger charge is 2.12. The molecule has 31 heavy (non-hydrogen) atoms. The topological polar surface area (TPSA) is 102 Å². The highest BCUT2D eigenvalue weighted by atomic mass is 16.5. The van der Waals surface area contributed by atoms with Crippen molar-refractivity contribution in [1.29, 1.82) is 0 Å². The Morgan fingerprint density at radius 3 is 2.77 bits per heavy atom. The predicted octanol–water partition coefficient (Wildman–Crippen LogP) is 3.88. The molecule has 0 aliphatic rings. The second-order valence-corrected chi connectivity index (χ2v) is 7.00. The highest BCUT2D eigenvalue weighted by molar-refractivity contribution is 5.90. The lowest BCUT2D eigenvalue weighted by Gasteiger charge is -2.02. The quantitative estimate of drug-likeness (QED) is 0.423. The zero-order valence-electron chi connectivity index (χ0n) is 17.0. The second kappa shape index (κ2) is 9.17. The third-order valence-corrected chi connectivity index (χ3v) is 4.74. The van der Waals surface area contributed by atoms with E-state index in [2.05, 4.69) is 20.1 Å². The van der Waals surface area contributed by atoms with Crippen LogP contribution in [0.2, 0.25) is 0 Å². The van der Waals surface area contributed by atoms with Crippen molar-refractivity contribution in [3.8, 4) is 11.3 Å². The molecule has 3 aromatic heterocycles. The lowest BCUT2D eigenvalue weighted by Crippen LogP contribution is -2.12. The fourth-order valence-corrected chi connectivity index (χ4v) is 3.19. The fourth-order valence-electron chi connectivity index (χ4n) is 3.19. The predicted molar refractivity (Wildman–Crippen MR) is 115 cm³/mol. The van der Waals surface area contributed by atoms with Gasteiger partial charge in [0.25, 0.3) is 0 Å². The molecule has 0 radical (unpaired) electrons. The first kappa shape index (κ1) is 20.2. The molecule has 158 valence electrons. The Labute approximate surface area is 178 Å². The highest BCUT2D eigenvalue weighted by Crippen LogP contribution is 2.19. The molecule has 4 rings (SSSR count). The third kappa shape index (κ3) is 5.11. The largest absolute Gasteiger partial charge is 0.463 e. The standard InChI is InChI=1S/C23H22N4O4/c1-30-23(29)21-11-9-19(31-21)15-27-14-18(13-24-27)26-22(28)12-8-17-7-10-20(25-17)16-5-3-2-4-6-16/h2-7,9-11,13-14,25H,8,12,15H2,1H3,(H,26,28). The number of hydrogen-bond acceptors (Lipinski definition) is 5. The molecule has 4 aromatic rings. The van der Waals surface area contributed by atoms with Gasteiger partial charge in [0.1, 0.15) is 5.76 Å². The molecule has 0 fully saturated rings. The van der Waals surface area contributed by atoms with Crippen LogP contribution in [0.5, 0.6) is 0 Å². The monoisotopic (exact) mass is 418 g/mol. The van der Waals surface area contributed by atoms with Crippen LogP contribution >= 0.6 is 0 Å². The molecule has 3 heterocycles. The van der Waals surface area contributed by atoms with Crippen LogP contribution in [0.1, 0.15) is 28.4 Å². The number of aryl methyl sites for hydroxylation is 1. The number of H-pyrrole nitrogens is 1. The van der Waals surface area contributed by atoms with E-state index < -0.39 is 5.97 Å². The van der Waals surface area contributed by atoms with Gasteiger partial charge in [0.2, 0.25) is 11.7 Å². The number of aromatic amines is 1. The Hall–Kier alpha value is -4.07. The SMILES string of the molecule is COC(=O)c1ccc(Cn2cc(NC(=O)CCc3ccc(-c4ccccc4)[nH]3)cn2)o1. The number of benzene rings is 1. The van der Waals surface area contributed by atoms with Gasteiger partial charge in [0.15, 0.2) is 0 Å². The molecule has 0 atom stereocenters. The maximum absolute atomic E-state index is 12.3. The lowest BCUT2D eigenvalue weighted by atomic mass is 10.2. The number of nitrogens with one attached hydrogen (secondary N) is 2. The van der Waals surface area contributed by atoms with Crippen LogP contribution in [0.15, 0.2) is 71.4 Å². The van der Waals surface area contributed by atoms with E-state index in [0.717, 1.165) is 17.0 Å². The minimum Gasteiger partial charge on any atom is -0.463 e. The lowest BCUT2D eigenvalue weighted by molar-refractivity contribution is -0.116. The summed E-state index contributed by atoms with van der Waals surface area (Å²) in [4.78, 5) is 27.1. The molecule has 0 saturated heterocycles. The van der Waals surface area contributed by atoms with Crippen molar-refractivity contribution < 1.29 is 18.7 Å². The summed E-state index contributed by atoms with van der Waals surface area (Å²) in [5.74, 6) is 0.0688. The fraction of sp³-hybridized carbons (Fsp3) is 0.174. The van der Waals surface area contributed by atoms with Crippen molar-refractivity contribution in [2.24, 2.45) is 0 Å². The summed E-state index contributed by atoms with van der Waals surface area (Å²) < 4.78 is 11.7. The van der Waals surface area contributed by atoms with Gasteiger partial charge in [-0.15, -0.1) is 0 Å². The van der Waals surface area contributed by atoms with Crippen LogP contribution in [0.3, 0.4) is 0 Å². The van der Waals surface area contributed by atoms with Crippen LogP contribution in [0, 0.1) is 0 Å². The Balaban J connectivity index is 1.28. The number of esters is 1. The maximum atomic E-state index is 12.3. The minimum atomic E-state index is -0.530. The average molecular weight is 418 g/mol. The van der Waals surface area contributed by atoms with Crippen LogP contribution < -0.4 is 5.32 Å². The van der Waals surface area contributed by atoms with E-state index in [4.69, 9.17) is 4.42 Å². The van der Waals surface area contributed by atoms with E-state index >= 15 is 0 Å². The zero-order valence-corrected chi connectivity index (χ0v) is 17.0. The molecule has 0 aliphatic heterocycles. The number of furan rings is 1. The number of carbonyl (C=O) groups excluding carboxylic acids is 2. The van der Waals surface area contributed by atoms with Gasteiger partial charge in [-0.2, -0.15) is 5.10 Å². The van der Waals surface area contributed by atoms with E-state index in [1.54, 1.807) is 29.2 Å². The number of anilines is 1. The van der Waals surface area contributed by atoms with E-state index in [1.807, 2.05) is 42.5 Å². The number of amides is 1. The summed E-state index contributed by atoms with van der Waals surface area (Å²) in [6, 6.07) is 17.3. The normalized spacial score (nSPS) is 10.7. The zero-order chi connectivity index (χ0) is 21.6. The first-order valence-corrected chi connectivity index (χ1v) is 9.83. The van der Waals surface area contributed by atoms with E-state index in [1.165, 1.54) is 7.11 Å². The Morgan fingerprint density at radius 1 is 1.13 bits per heavy atom. The smallest absolute Gasteiger partial charge is 0.373 e. The Bertz CT molecular complexity index is 1170. The average Bonchev–Trinajstić information content (AvgIpc) is 3.54. The molecule has 0 unspecified atom stereocenters. The van der Waals surface area contributed by atoms with E-state index in [0.29, 0.717) is 30.8 Å². The summed E-state index contributed by atoms with van der Waals surface area (Å²) in [6.45, 7) is 0.331. The first-order valence-electron chi connectivity index (χ1n) is 9.83. The summed E-state index contributed by atoms with van der Waals surface area (Å²) in [5.41, 5.74) is 3.75.